The van der Waals surface area contributed by atoms with Crippen LogP contribution in [0.2, 0.25) is 0 Å². The first-order chi connectivity index (χ1) is 16.3. The number of hydrogen-bond donors (Lipinski definition) is 1. The highest BCUT2D eigenvalue weighted by Gasteiger charge is 2.46. The van der Waals surface area contributed by atoms with Crippen LogP contribution in [0.15, 0.2) is 42.6 Å². The van der Waals surface area contributed by atoms with Crippen molar-refractivity contribution in [2.45, 2.75) is 43.4 Å². The molecule has 6 rings (SSSR count). The van der Waals surface area contributed by atoms with Crippen LogP contribution in [-0.4, -0.2) is 49.8 Å². The van der Waals surface area contributed by atoms with Crippen LogP contribution in [0.5, 0.6) is 0 Å². The molecule has 2 aliphatic rings. The lowest BCUT2D eigenvalue weighted by Gasteiger charge is -2.30. The normalized spacial score (nSPS) is 20.4. The molecule has 1 saturated carbocycles. The maximum atomic E-state index is 15.2. The van der Waals surface area contributed by atoms with Crippen LogP contribution in [-0.2, 0) is 0 Å². The van der Waals surface area contributed by atoms with Crippen molar-refractivity contribution in [3.63, 3.8) is 0 Å². The van der Waals surface area contributed by atoms with Gasteiger partial charge in [0.05, 0.1) is 0 Å². The molecular weight excluding hydrogens is 448 g/mol. The van der Waals surface area contributed by atoms with E-state index in [4.69, 9.17) is 5.73 Å². The molecule has 176 valence electrons. The van der Waals surface area contributed by atoms with Gasteiger partial charge in [-0.2, -0.15) is 13.2 Å². The van der Waals surface area contributed by atoms with E-state index in [-0.39, 0.29) is 47.8 Å². The Balaban J connectivity index is 1.45. The van der Waals surface area contributed by atoms with Crippen LogP contribution >= 0.6 is 0 Å². The molecule has 2 unspecified atom stereocenters. The van der Waals surface area contributed by atoms with Gasteiger partial charge in [0.1, 0.15) is 17.3 Å². The van der Waals surface area contributed by atoms with E-state index in [2.05, 4.69) is 15.2 Å². The van der Waals surface area contributed by atoms with Gasteiger partial charge in [-0.15, -0.1) is 10.2 Å². The quantitative estimate of drug-likeness (QED) is 0.442. The highest BCUT2D eigenvalue weighted by atomic mass is 19.4. The first-order valence-corrected chi connectivity index (χ1v) is 11.3. The Kier molecular flexibility index (Phi) is 4.86. The second-order valence-corrected chi connectivity index (χ2v) is 9.21. The van der Waals surface area contributed by atoms with E-state index in [1.807, 2.05) is 6.07 Å². The summed E-state index contributed by atoms with van der Waals surface area (Å²) in [6.45, 7) is 0.444. The minimum atomic E-state index is -4.48. The molecule has 2 fully saturated rings. The zero-order valence-electron chi connectivity index (χ0n) is 18.1. The second-order valence-electron chi connectivity index (χ2n) is 9.21. The lowest BCUT2D eigenvalue weighted by Crippen LogP contribution is -2.38. The third-order valence-corrected chi connectivity index (χ3v) is 6.75. The monoisotopic (exact) mass is 470 g/mol. The number of alkyl halides is 3. The molecule has 2 atom stereocenters. The van der Waals surface area contributed by atoms with Crippen LogP contribution in [0, 0.1) is 5.82 Å². The molecule has 3 aromatic heterocycles. The largest absolute Gasteiger partial charge is 0.408 e. The molecule has 1 aromatic carbocycles. The predicted octanol–water partition coefficient (Wildman–Crippen LogP) is 4.60. The number of aromatic nitrogens is 4. The molecule has 10 heteroatoms. The maximum Gasteiger partial charge on any atom is 0.408 e. The van der Waals surface area contributed by atoms with Crippen molar-refractivity contribution in [1.82, 2.24) is 24.5 Å². The highest BCUT2D eigenvalue weighted by molar-refractivity contribution is 5.82. The summed E-state index contributed by atoms with van der Waals surface area (Å²) in [5.41, 5.74) is 7.55. The minimum Gasteiger partial charge on any atom is -0.326 e. The van der Waals surface area contributed by atoms with Crippen molar-refractivity contribution in [2.75, 3.05) is 13.1 Å². The highest BCUT2D eigenvalue weighted by Crippen LogP contribution is 2.43. The van der Waals surface area contributed by atoms with E-state index in [1.54, 1.807) is 18.2 Å². The number of rotatable bonds is 4. The average Bonchev–Trinajstić information content (AvgIpc) is 3.42. The molecule has 4 heterocycles. The Morgan fingerprint density at radius 3 is 2.50 bits per heavy atom. The first-order valence-electron chi connectivity index (χ1n) is 11.3. The molecule has 0 radical (unpaired) electrons. The fraction of sp³-hybridized carbons (Fsp3) is 0.375. The van der Waals surface area contributed by atoms with Crippen molar-refractivity contribution in [1.29, 1.82) is 0 Å². The zero-order chi connectivity index (χ0) is 23.6. The summed E-state index contributed by atoms with van der Waals surface area (Å²) in [5, 5.41) is 8.90. The molecule has 1 aliphatic heterocycles. The van der Waals surface area contributed by atoms with Crippen molar-refractivity contribution >= 4 is 16.6 Å². The van der Waals surface area contributed by atoms with Crippen molar-refractivity contribution in [3.8, 4) is 11.5 Å². The van der Waals surface area contributed by atoms with E-state index >= 15 is 4.39 Å². The molecular formula is C24H22F4N6. The number of benzene rings is 1. The Labute approximate surface area is 192 Å². The van der Waals surface area contributed by atoms with Crippen LogP contribution in [0.3, 0.4) is 0 Å². The number of fused-ring (bicyclic) bond motifs is 2. The maximum absolute atomic E-state index is 15.2. The molecule has 1 aliphatic carbocycles. The fourth-order valence-corrected chi connectivity index (χ4v) is 4.90. The summed E-state index contributed by atoms with van der Waals surface area (Å²) in [7, 11) is 0. The van der Waals surface area contributed by atoms with Gasteiger partial charge in [-0.05, 0) is 48.4 Å². The molecule has 4 aromatic rings. The van der Waals surface area contributed by atoms with Crippen LogP contribution < -0.4 is 5.73 Å². The Morgan fingerprint density at radius 2 is 1.79 bits per heavy atom. The van der Waals surface area contributed by atoms with Gasteiger partial charge >= 0.3 is 6.18 Å². The molecule has 0 spiro atoms. The summed E-state index contributed by atoms with van der Waals surface area (Å²) >= 11 is 0. The van der Waals surface area contributed by atoms with Gasteiger partial charge < -0.3 is 5.73 Å². The fourth-order valence-electron chi connectivity index (χ4n) is 4.90. The minimum absolute atomic E-state index is 0.0677. The van der Waals surface area contributed by atoms with Crippen molar-refractivity contribution in [2.24, 2.45) is 5.73 Å². The Bertz CT molecular complexity index is 1390. The third kappa shape index (κ3) is 3.61. The van der Waals surface area contributed by atoms with Gasteiger partial charge in [0, 0.05) is 30.7 Å². The standard InChI is InChI=1S/C24H22F4N6/c25-20-17(13-1-2-13)6-3-14-4-7-18(30-21(14)20)23-32-31-19-8-5-15(11-34(19)23)22(24(26,27)28)33-10-9-16(29)12-33/h3-8,11,13,16,22H,1-2,9-10,12,29H2. The number of hydrogen-bond acceptors (Lipinski definition) is 5. The van der Waals surface area contributed by atoms with Gasteiger partial charge in [-0.25, -0.2) is 9.37 Å². The van der Waals surface area contributed by atoms with Crippen LogP contribution in [0.1, 0.15) is 42.3 Å². The molecule has 1 saturated heterocycles. The average molecular weight is 470 g/mol. The topological polar surface area (TPSA) is 72.3 Å². The molecule has 2 N–H and O–H groups in total. The van der Waals surface area contributed by atoms with Gasteiger partial charge in [-0.3, -0.25) is 9.30 Å². The van der Waals surface area contributed by atoms with Crippen molar-refractivity contribution < 1.29 is 17.6 Å². The van der Waals surface area contributed by atoms with E-state index in [1.165, 1.54) is 27.6 Å². The summed E-state index contributed by atoms with van der Waals surface area (Å²) in [6, 6.07) is 7.93. The summed E-state index contributed by atoms with van der Waals surface area (Å²) in [5.74, 6) is 0.136. The lowest BCUT2D eigenvalue weighted by molar-refractivity contribution is -0.183. The molecule has 34 heavy (non-hydrogen) atoms. The number of nitrogens with two attached hydrogens (primary N) is 1. The Morgan fingerprint density at radius 1 is 1.00 bits per heavy atom. The van der Waals surface area contributed by atoms with E-state index in [9.17, 15) is 13.2 Å². The number of pyridine rings is 2. The SMILES string of the molecule is NC1CCN(C(c2ccc3nnc(-c4ccc5ccc(C6CC6)c(F)c5n4)n3c2)C(F)(F)F)C1. The number of nitrogens with zero attached hydrogens (tertiary/aromatic N) is 5. The predicted molar refractivity (Wildman–Crippen MR) is 119 cm³/mol. The molecule has 0 bridgehead atoms. The van der Waals surface area contributed by atoms with Crippen LogP contribution in [0.4, 0.5) is 17.6 Å². The van der Waals surface area contributed by atoms with Gasteiger partial charge in [0.15, 0.2) is 17.3 Å². The number of likely N-dealkylation sites (tertiary alicyclic amines) is 1. The smallest absolute Gasteiger partial charge is 0.326 e. The van der Waals surface area contributed by atoms with Gasteiger partial charge in [0.2, 0.25) is 0 Å². The summed E-state index contributed by atoms with van der Waals surface area (Å²) in [4.78, 5) is 5.86. The zero-order valence-corrected chi connectivity index (χ0v) is 18.1. The molecule has 0 amide bonds. The van der Waals surface area contributed by atoms with Crippen molar-refractivity contribution in [3.05, 3.63) is 59.5 Å². The summed E-state index contributed by atoms with van der Waals surface area (Å²) in [6.07, 6.45) is -0.642. The second kappa shape index (κ2) is 7.71. The van der Waals surface area contributed by atoms with E-state index in [0.717, 1.165) is 12.8 Å². The van der Waals surface area contributed by atoms with E-state index in [0.29, 0.717) is 28.7 Å². The lowest BCUT2D eigenvalue weighted by atomic mass is 10.1. The van der Waals surface area contributed by atoms with E-state index < -0.39 is 12.2 Å². The van der Waals surface area contributed by atoms with Gasteiger partial charge in [-0.1, -0.05) is 24.3 Å². The van der Waals surface area contributed by atoms with Crippen LogP contribution in [0.25, 0.3) is 28.1 Å². The Hall–Kier alpha value is -3.11. The summed E-state index contributed by atoms with van der Waals surface area (Å²) < 4.78 is 58.9. The van der Waals surface area contributed by atoms with Gasteiger partial charge in [0.25, 0.3) is 0 Å². The molecule has 6 nitrogen and oxygen atoms in total. The number of halogens is 4. The third-order valence-electron chi connectivity index (χ3n) is 6.75. The first kappa shape index (κ1) is 21.4.